The van der Waals surface area contributed by atoms with Crippen LogP contribution in [0.5, 0.6) is 11.5 Å². The topological polar surface area (TPSA) is 47.9 Å². The van der Waals surface area contributed by atoms with Crippen molar-refractivity contribution in [3.8, 4) is 11.5 Å². The summed E-state index contributed by atoms with van der Waals surface area (Å²) in [6.07, 6.45) is 4.61. The van der Waals surface area contributed by atoms with E-state index in [9.17, 15) is 9.18 Å². The van der Waals surface area contributed by atoms with Crippen molar-refractivity contribution >= 4 is 22.0 Å². The molecule has 0 unspecified atom stereocenters. The molecule has 0 saturated heterocycles. The number of hydrogen-bond donors (Lipinski definition) is 0. The summed E-state index contributed by atoms with van der Waals surface area (Å²) in [5.74, 6) is -0.221. The molecule has 0 radical (unpaired) electrons. The highest BCUT2D eigenvalue weighted by Gasteiger charge is 2.41. The molecule has 1 saturated carbocycles. The lowest BCUT2D eigenvalue weighted by molar-refractivity contribution is 0.328. The summed E-state index contributed by atoms with van der Waals surface area (Å²) in [6, 6.07) is 1.64. The zero-order chi connectivity index (χ0) is 14.8. The third kappa shape index (κ3) is 2.34. The van der Waals surface area contributed by atoms with Gasteiger partial charge >= 0.3 is 0 Å². The van der Waals surface area contributed by atoms with Crippen LogP contribution in [0.1, 0.15) is 31.2 Å². The van der Waals surface area contributed by atoms with Crippen molar-refractivity contribution in [2.24, 2.45) is 4.99 Å². The fourth-order valence-corrected chi connectivity index (χ4v) is 3.56. The maximum absolute atomic E-state index is 14.8. The molecule has 0 spiro atoms. The van der Waals surface area contributed by atoms with Gasteiger partial charge in [0.15, 0.2) is 17.3 Å². The first-order valence-corrected chi connectivity index (χ1v) is 7.08. The molecule has 0 aromatic heterocycles. The van der Waals surface area contributed by atoms with Gasteiger partial charge in [-0.15, -0.1) is 0 Å². The fraction of sp³-hybridized carbons (Fsp3) is 0.500. The first kappa shape index (κ1) is 15.0. The van der Waals surface area contributed by atoms with Crippen molar-refractivity contribution in [2.45, 2.75) is 31.2 Å². The highest BCUT2D eigenvalue weighted by molar-refractivity contribution is 9.10. The Labute approximate surface area is 125 Å². The van der Waals surface area contributed by atoms with Gasteiger partial charge in [-0.1, -0.05) is 28.8 Å². The normalized spacial score (nSPS) is 16.6. The second kappa shape index (κ2) is 5.94. The first-order valence-electron chi connectivity index (χ1n) is 6.29. The van der Waals surface area contributed by atoms with Gasteiger partial charge in [-0.2, -0.15) is 4.99 Å². The molecular formula is C14H15BrFNO3. The number of nitrogens with zero attached hydrogens (tertiary/aromatic N) is 1. The summed E-state index contributed by atoms with van der Waals surface area (Å²) in [5.41, 5.74) is -0.513. The fourth-order valence-electron chi connectivity index (χ4n) is 2.81. The Kier molecular flexibility index (Phi) is 4.45. The minimum atomic E-state index is -0.857. The molecule has 1 aromatic carbocycles. The lowest BCUT2D eigenvalue weighted by Crippen LogP contribution is -2.22. The SMILES string of the molecule is COc1cc(Br)c(C2(N=C=O)CCCC2)c(F)c1OC. The first-order chi connectivity index (χ1) is 9.59. The molecule has 1 aromatic rings. The number of isocyanates is 1. The average Bonchev–Trinajstić information content (AvgIpc) is 2.87. The lowest BCUT2D eigenvalue weighted by atomic mass is 9.88. The van der Waals surface area contributed by atoms with Crippen LogP contribution in [-0.2, 0) is 10.3 Å². The third-order valence-corrected chi connectivity index (χ3v) is 4.34. The number of hydrogen-bond acceptors (Lipinski definition) is 4. The highest BCUT2D eigenvalue weighted by Crippen LogP contribution is 2.49. The Morgan fingerprint density at radius 1 is 1.35 bits per heavy atom. The van der Waals surface area contributed by atoms with Crippen molar-refractivity contribution in [2.75, 3.05) is 14.2 Å². The Bertz CT molecular complexity index is 564. The Balaban J connectivity index is 2.70. The van der Waals surface area contributed by atoms with Gasteiger partial charge in [-0.25, -0.2) is 9.18 Å². The molecule has 0 amide bonds. The summed E-state index contributed by atoms with van der Waals surface area (Å²) in [5, 5.41) is 0. The van der Waals surface area contributed by atoms with E-state index in [2.05, 4.69) is 20.9 Å². The molecule has 2 rings (SSSR count). The van der Waals surface area contributed by atoms with Crippen LogP contribution in [0, 0.1) is 5.82 Å². The van der Waals surface area contributed by atoms with Gasteiger partial charge < -0.3 is 9.47 Å². The lowest BCUT2D eigenvalue weighted by Gasteiger charge is -2.26. The zero-order valence-corrected chi connectivity index (χ0v) is 12.9. The number of methoxy groups -OCH3 is 2. The van der Waals surface area contributed by atoms with E-state index in [0.717, 1.165) is 12.8 Å². The summed E-state index contributed by atoms with van der Waals surface area (Å²) < 4.78 is 25.5. The second-order valence-corrected chi connectivity index (χ2v) is 5.58. The smallest absolute Gasteiger partial charge is 0.235 e. The number of carbonyl (C=O) groups excluding carboxylic acids is 1. The van der Waals surface area contributed by atoms with Gasteiger partial charge in [0.05, 0.1) is 14.2 Å². The van der Waals surface area contributed by atoms with Gasteiger partial charge in [-0.3, -0.25) is 0 Å². The molecule has 1 fully saturated rings. The van der Waals surface area contributed by atoms with E-state index in [4.69, 9.17) is 9.47 Å². The molecule has 0 N–H and O–H groups in total. The molecule has 0 atom stereocenters. The maximum Gasteiger partial charge on any atom is 0.235 e. The van der Waals surface area contributed by atoms with Gasteiger partial charge in [0, 0.05) is 10.0 Å². The van der Waals surface area contributed by atoms with E-state index in [1.165, 1.54) is 14.2 Å². The van der Waals surface area contributed by atoms with Crippen LogP contribution in [0.15, 0.2) is 15.5 Å². The molecular weight excluding hydrogens is 329 g/mol. The molecule has 0 heterocycles. The molecule has 0 aliphatic heterocycles. The molecule has 1 aliphatic carbocycles. The van der Waals surface area contributed by atoms with Crippen molar-refractivity contribution in [3.63, 3.8) is 0 Å². The standard InChI is InChI=1S/C14H15BrFNO3/c1-19-10-7-9(15)11(12(16)13(10)20-2)14(17-8-18)5-3-4-6-14/h7H,3-6H2,1-2H3. The van der Waals surface area contributed by atoms with Crippen LogP contribution in [0.25, 0.3) is 0 Å². The highest BCUT2D eigenvalue weighted by atomic mass is 79.9. The van der Waals surface area contributed by atoms with Crippen LogP contribution in [0.4, 0.5) is 4.39 Å². The van der Waals surface area contributed by atoms with E-state index < -0.39 is 11.4 Å². The summed E-state index contributed by atoms with van der Waals surface area (Å²) in [4.78, 5) is 14.7. The molecule has 6 heteroatoms. The van der Waals surface area contributed by atoms with E-state index in [1.807, 2.05) is 0 Å². The van der Waals surface area contributed by atoms with Crippen molar-refractivity contribution < 1.29 is 18.7 Å². The van der Waals surface area contributed by atoms with Gasteiger partial charge in [0.2, 0.25) is 6.08 Å². The van der Waals surface area contributed by atoms with Crippen molar-refractivity contribution in [1.29, 1.82) is 0 Å². The number of rotatable bonds is 4. The maximum atomic E-state index is 14.8. The van der Waals surface area contributed by atoms with E-state index in [0.29, 0.717) is 28.6 Å². The number of aliphatic imine (C=N–C) groups is 1. The Hall–Kier alpha value is -1.39. The summed E-state index contributed by atoms with van der Waals surface area (Å²) in [7, 11) is 2.82. The van der Waals surface area contributed by atoms with Gasteiger partial charge in [0.1, 0.15) is 5.54 Å². The minimum absolute atomic E-state index is 0.0260. The monoisotopic (exact) mass is 343 g/mol. The predicted molar refractivity (Wildman–Crippen MR) is 75.5 cm³/mol. The van der Waals surface area contributed by atoms with E-state index in [1.54, 1.807) is 12.1 Å². The molecule has 20 heavy (non-hydrogen) atoms. The Morgan fingerprint density at radius 2 is 2.00 bits per heavy atom. The van der Waals surface area contributed by atoms with Crippen LogP contribution in [0.2, 0.25) is 0 Å². The second-order valence-electron chi connectivity index (χ2n) is 4.72. The quantitative estimate of drug-likeness (QED) is 0.618. The van der Waals surface area contributed by atoms with E-state index >= 15 is 0 Å². The molecule has 4 nitrogen and oxygen atoms in total. The summed E-state index contributed by atoms with van der Waals surface area (Å²) in [6.45, 7) is 0. The number of halogens is 2. The third-order valence-electron chi connectivity index (χ3n) is 3.72. The van der Waals surface area contributed by atoms with Crippen LogP contribution >= 0.6 is 15.9 Å². The van der Waals surface area contributed by atoms with Crippen LogP contribution < -0.4 is 9.47 Å². The number of benzene rings is 1. The minimum Gasteiger partial charge on any atom is -0.493 e. The predicted octanol–water partition coefficient (Wildman–Crippen LogP) is 3.71. The molecule has 1 aliphatic rings. The molecule has 0 bridgehead atoms. The van der Waals surface area contributed by atoms with E-state index in [-0.39, 0.29) is 5.75 Å². The molecule has 108 valence electrons. The van der Waals surface area contributed by atoms with Crippen molar-refractivity contribution in [3.05, 3.63) is 21.9 Å². The Morgan fingerprint density at radius 3 is 2.50 bits per heavy atom. The number of ether oxygens (including phenoxy) is 2. The summed E-state index contributed by atoms with van der Waals surface area (Å²) >= 11 is 3.35. The van der Waals surface area contributed by atoms with Gasteiger partial charge in [-0.05, 0) is 18.9 Å². The van der Waals surface area contributed by atoms with Crippen LogP contribution in [-0.4, -0.2) is 20.3 Å². The van der Waals surface area contributed by atoms with Crippen molar-refractivity contribution in [1.82, 2.24) is 0 Å². The van der Waals surface area contributed by atoms with Gasteiger partial charge in [0.25, 0.3) is 0 Å². The zero-order valence-electron chi connectivity index (χ0n) is 11.3. The van der Waals surface area contributed by atoms with Crippen LogP contribution in [0.3, 0.4) is 0 Å². The largest absolute Gasteiger partial charge is 0.493 e. The average molecular weight is 344 g/mol.